The number of carbonyl (C=O) groups is 1. The molecule has 0 bridgehead atoms. The van der Waals surface area contributed by atoms with Crippen molar-refractivity contribution in [1.82, 2.24) is 9.13 Å². The monoisotopic (exact) mass is 306 g/mol. The van der Waals surface area contributed by atoms with E-state index in [9.17, 15) is 9.90 Å². The Balaban J connectivity index is 3.07. The minimum atomic E-state index is -0.761. The van der Waals surface area contributed by atoms with Gasteiger partial charge in [-0.05, 0) is 0 Å². The number of quaternary nitrogens is 1. The van der Waals surface area contributed by atoms with Crippen LogP contribution in [0.1, 0.15) is 5.69 Å². The molecule has 0 aromatic carbocycles. The molecule has 96 valence electrons. The molecule has 0 saturated carbocycles. The van der Waals surface area contributed by atoms with Crippen molar-refractivity contribution in [3.63, 3.8) is 0 Å². The number of carboxylic acid groups (broad SMARTS) is 1. The van der Waals surface area contributed by atoms with Crippen LogP contribution in [0, 0.1) is 4.32 Å². The van der Waals surface area contributed by atoms with E-state index in [1.165, 1.54) is 0 Å². The molecule has 1 rings (SSSR count). The summed E-state index contributed by atoms with van der Waals surface area (Å²) in [6.07, 6.45) is 2.49. The molecule has 0 unspecified atom stereocenters. The summed E-state index contributed by atoms with van der Waals surface area (Å²) in [5.74, 6) is -0.761. The van der Waals surface area contributed by atoms with Crippen LogP contribution < -0.4 is 0 Å². The SMILES string of the molecule is Cn1cc(C[C@@H](C(=O)O)[N+](C)(C)C)n(C)c1=[Se]. The number of carboxylic acids is 1. The molecule has 1 N–H and O–H groups in total. The second kappa shape index (κ2) is 4.80. The topological polar surface area (TPSA) is 47.2 Å². The number of nitrogens with zero attached hydrogens (tertiary/aromatic N) is 3. The number of aliphatic carboxylic acids is 1. The number of rotatable bonds is 4. The summed E-state index contributed by atoms with van der Waals surface area (Å²) in [5.41, 5.74) is 1.02. The Morgan fingerprint density at radius 1 is 1.47 bits per heavy atom. The molecule has 1 aromatic rings. The van der Waals surface area contributed by atoms with E-state index in [1.807, 2.05) is 50.6 Å². The molecule has 5 nitrogen and oxygen atoms in total. The van der Waals surface area contributed by atoms with E-state index in [4.69, 9.17) is 0 Å². The fourth-order valence-electron chi connectivity index (χ4n) is 1.81. The molecule has 6 heteroatoms. The van der Waals surface area contributed by atoms with Gasteiger partial charge in [-0.3, -0.25) is 0 Å². The van der Waals surface area contributed by atoms with Gasteiger partial charge in [0, 0.05) is 0 Å². The molecule has 0 fully saturated rings. The van der Waals surface area contributed by atoms with Crippen molar-refractivity contribution in [3.8, 4) is 0 Å². The van der Waals surface area contributed by atoms with Crippen LogP contribution in [0.3, 0.4) is 0 Å². The number of imidazole rings is 1. The minimum absolute atomic E-state index is 0.410. The zero-order chi connectivity index (χ0) is 13.4. The van der Waals surface area contributed by atoms with Crippen molar-refractivity contribution in [1.29, 1.82) is 0 Å². The van der Waals surface area contributed by atoms with Crippen molar-refractivity contribution in [3.05, 3.63) is 16.2 Å². The molecule has 0 radical (unpaired) electrons. The van der Waals surface area contributed by atoms with Gasteiger partial charge in [0.05, 0.1) is 0 Å². The number of aromatic nitrogens is 2. The summed E-state index contributed by atoms with van der Waals surface area (Å²) in [4.78, 5) is 11.3. The van der Waals surface area contributed by atoms with Gasteiger partial charge in [-0.1, -0.05) is 0 Å². The van der Waals surface area contributed by atoms with E-state index in [-0.39, 0.29) is 0 Å². The molecule has 0 aliphatic rings. The second-order valence-electron chi connectivity index (χ2n) is 5.25. The predicted octanol–water partition coefficient (Wildman–Crippen LogP) is -0.234. The van der Waals surface area contributed by atoms with Gasteiger partial charge < -0.3 is 0 Å². The van der Waals surface area contributed by atoms with E-state index < -0.39 is 12.0 Å². The van der Waals surface area contributed by atoms with E-state index in [1.54, 1.807) is 0 Å². The van der Waals surface area contributed by atoms with Gasteiger partial charge in [0.1, 0.15) is 0 Å². The number of hydrogen-bond acceptors (Lipinski definition) is 1. The molecule has 17 heavy (non-hydrogen) atoms. The molecule has 1 atom stereocenters. The molecule has 1 aromatic heterocycles. The van der Waals surface area contributed by atoms with Crippen LogP contribution in [0.15, 0.2) is 6.20 Å². The zero-order valence-electron chi connectivity index (χ0n) is 11.0. The first-order valence-corrected chi connectivity index (χ1v) is 6.25. The first kappa shape index (κ1) is 14.2. The summed E-state index contributed by atoms with van der Waals surface area (Å²) < 4.78 is 5.35. The van der Waals surface area contributed by atoms with Crippen LogP contribution in [-0.2, 0) is 25.3 Å². The summed E-state index contributed by atoms with van der Waals surface area (Å²) in [7, 11) is 9.59. The van der Waals surface area contributed by atoms with Crippen LogP contribution in [0.25, 0.3) is 0 Å². The maximum absolute atomic E-state index is 11.3. The van der Waals surface area contributed by atoms with Crippen LogP contribution >= 0.6 is 0 Å². The first-order valence-electron chi connectivity index (χ1n) is 5.39. The quantitative estimate of drug-likeness (QED) is 0.617. The average Bonchev–Trinajstić information content (AvgIpc) is 2.40. The fourth-order valence-corrected chi connectivity index (χ4v) is 2.16. The maximum atomic E-state index is 11.3. The summed E-state index contributed by atoms with van der Waals surface area (Å²) in [6.45, 7) is 0. The summed E-state index contributed by atoms with van der Waals surface area (Å²) >= 11 is 2.97. The Kier molecular flexibility index (Phi) is 4.02. The molecule has 0 aliphatic heterocycles. The van der Waals surface area contributed by atoms with Crippen LogP contribution in [-0.4, -0.2) is 67.5 Å². The third-order valence-electron chi connectivity index (χ3n) is 2.98. The molecular weight excluding hydrogens is 285 g/mol. The summed E-state index contributed by atoms with van der Waals surface area (Å²) in [5, 5.41) is 9.30. The van der Waals surface area contributed by atoms with Gasteiger partial charge in [-0.25, -0.2) is 0 Å². The van der Waals surface area contributed by atoms with Gasteiger partial charge in [0.15, 0.2) is 0 Å². The molecule has 0 aliphatic carbocycles. The van der Waals surface area contributed by atoms with Crippen LogP contribution in [0.4, 0.5) is 0 Å². The van der Waals surface area contributed by atoms with Crippen molar-refractivity contribution < 1.29 is 14.4 Å². The number of aryl methyl sites for hydroxylation is 1. The normalized spacial score (nSPS) is 13.7. The fraction of sp³-hybridized carbons (Fsp3) is 0.636. The van der Waals surface area contributed by atoms with Gasteiger partial charge in [-0.15, -0.1) is 0 Å². The molecular formula is C11H20N3O2Se+. The zero-order valence-corrected chi connectivity index (χ0v) is 12.7. The summed E-state index contributed by atoms with van der Waals surface area (Å²) in [6, 6.07) is -0.442. The van der Waals surface area contributed by atoms with Gasteiger partial charge >= 0.3 is 109 Å². The van der Waals surface area contributed by atoms with Crippen LogP contribution in [0.2, 0.25) is 0 Å². The Bertz CT molecular complexity index is 482. The Morgan fingerprint density at radius 3 is 2.29 bits per heavy atom. The van der Waals surface area contributed by atoms with E-state index >= 15 is 0 Å². The van der Waals surface area contributed by atoms with Crippen LogP contribution in [0.5, 0.6) is 0 Å². The van der Waals surface area contributed by atoms with Crippen molar-refractivity contribution in [2.24, 2.45) is 14.1 Å². The molecule has 0 saturated heterocycles. The third kappa shape index (κ3) is 3.09. The van der Waals surface area contributed by atoms with Crippen molar-refractivity contribution in [2.45, 2.75) is 12.5 Å². The first-order chi connectivity index (χ1) is 7.64. The Morgan fingerprint density at radius 2 is 2.00 bits per heavy atom. The third-order valence-corrected chi connectivity index (χ3v) is 4.16. The van der Waals surface area contributed by atoms with E-state index in [2.05, 4.69) is 15.6 Å². The second-order valence-corrected chi connectivity index (χ2v) is 6.01. The Hall–Kier alpha value is -0.841. The van der Waals surface area contributed by atoms with Crippen molar-refractivity contribution >= 4 is 21.5 Å². The molecule has 0 amide bonds. The molecule has 1 heterocycles. The van der Waals surface area contributed by atoms with Crippen molar-refractivity contribution in [2.75, 3.05) is 21.1 Å². The van der Waals surface area contributed by atoms with Gasteiger partial charge in [0.25, 0.3) is 0 Å². The Labute approximate surface area is 109 Å². The molecule has 0 spiro atoms. The average molecular weight is 305 g/mol. The van der Waals surface area contributed by atoms with Gasteiger partial charge in [-0.2, -0.15) is 0 Å². The van der Waals surface area contributed by atoms with E-state index in [0.29, 0.717) is 10.9 Å². The standard InChI is InChI=1S/C11H19N3O2Se/c1-12-7-8(13(2)11(12)17)6-9(10(15)16)14(3,4)5/h7,9H,6H2,1-5H3/p+1/t9-/m0/s1. The number of likely N-dealkylation sites (N-methyl/N-ethyl adjacent to an activating group) is 1. The van der Waals surface area contributed by atoms with Gasteiger partial charge in [0.2, 0.25) is 0 Å². The predicted molar refractivity (Wildman–Crippen MR) is 66.5 cm³/mol. The number of hydrogen-bond donors (Lipinski definition) is 1. The van der Waals surface area contributed by atoms with E-state index in [0.717, 1.165) is 10.0 Å².